The van der Waals surface area contributed by atoms with E-state index in [1.807, 2.05) is 24.3 Å². The monoisotopic (exact) mass is 414 g/mol. The molecule has 6 heteroatoms. The second-order valence-corrected chi connectivity index (χ2v) is 8.18. The number of amides is 2. The Morgan fingerprint density at radius 3 is 2.72 bits per heavy atom. The second kappa shape index (κ2) is 9.06. The summed E-state index contributed by atoms with van der Waals surface area (Å²) >= 11 is 6.48. The fourth-order valence-electron chi connectivity index (χ4n) is 4.22. The van der Waals surface area contributed by atoms with E-state index in [2.05, 4.69) is 28.8 Å². The van der Waals surface area contributed by atoms with Crippen LogP contribution in [-0.2, 0) is 23.0 Å². The summed E-state index contributed by atoms with van der Waals surface area (Å²) in [6.45, 7) is 3.25. The molecular weight excluding hydrogens is 388 g/mol. The highest BCUT2D eigenvalue weighted by Gasteiger charge is 2.36. The second-order valence-electron chi connectivity index (χ2n) is 7.77. The lowest BCUT2D eigenvalue weighted by molar-refractivity contribution is 0.0507. The largest absolute Gasteiger partial charge is 0.493 e. The molecule has 2 aliphatic heterocycles. The number of halogens is 1. The lowest BCUT2D eigenvalue weighted by Gasteiger charge is -2.38. The average molecular weight is 415 g/mol. The third-order valence-corrected chi connectivity index (χ3v) is 6.27. The molecule has 0 unspecified atom stereocenters. The highest BCUT2D eigenvalue weighted by atomic mass is 35.5. The van der Waals surface area contributed by atoms with E-state index in [4.69, 9.17) is 21.1 Å². The van der Waals surface area contributed by atoms with Crippen molar-refractivity contribution in [3.8, 4) is 5.75 Å². The molecule has 0 spiro atoms. The molecule has 4 rings (SSSR count). The molecule has 2 aromatic carbocycles. The van der Waals surface area contributed by atoms with Gasteiger partial charge in [0, 0.05) is 43.2 Å². The first-order chi connectivity index (χ1) is 14.2. The van der Waals surface area contributed by atoms with E-state index < -0.39 is 0 Å². The predicted molar refractivity (Wildman–Crippen MR) is 114 cm³/mol. The zero-order chi connectivity index (χ0) is 20.1. The number of hydrogen-bond acceptors (Lipinski definition) is 3. The van der Waals surface area contributed by atoms with Crippen LogP contribution in [0.3, 0.4) is 0 Å². The van der Waals surface area contributed by atoms with Crippen molar-refractivity contribution in [3.05, 3.63) is 64.2 Å². The molecule has 29 heavy (non-hydrogen) atoms. The number of hydrogen-bond donors (Lipinski definition) is 2. The van der Waals surface area contributed by atoms with Gasteiger partial charge in [0.15, 0.2) is 0 Å². The Morgan fingerprint density at radius 1 is 1.07 bits per heavy atom. The van der Waals surface area contributed by atoms with E-state index in [0.717, 1.165) is 48.6 Å². The molecule has 0 atom stereocenters. The summed E-state index contributed by atoms with van der Waals surface area (Å²) in [7, 11) is 0. The molecule has 2 aliphatic rings. The normalized spacial score (nSPS) is 17.3. The first-order valence-electron chi connectivity index (χ1n) is 10.3. The lowest BCUT2D eigenvalue weighted by Crippen LogP contribution is -2.47. The number of rotatable bonds is 6. The molecule has 2 amide bonds. The molecule has 0 aliphatic carbocycles. The van der Waals surface area contributed by atoms with Gasteiger partial charge in [0.25, 0.3) is 0 Å². The zero-order valence-electron chi connectivity index (χ0n) is 16.5. The van der Waals surface area contributed by atoms with E-state index in [0.29, 0.717) is 26.3 Å². The van der Waals surface area contributed by atoms with E-state index in [1.54, 1.807) is 0 Å². The summed E-state index contributed by atoms with van der Waals surface area (Å²) in [6, 6.07) is 14.0. The molecule has 1 fully saturated rings. The first-order valence-corrected chi connectivity index (χ1v) is 10.6. The maximum absolute atomic E-state index is 12.4. The molecule has 0 saturated carbocycles. The van der Waals surface area contributed by atoms with Gasteiger partial charge in [0.1, 0.15) is 5.75 Å². The van der Waals surface area contributed by atoms with Gasteiger partial charge in [0.05, 0.1) is 6.61 Å². The lowest BCUT2D eigenvalue weighted by atomic mass is 9.74. The van der Waals surface area contributed by atoms with Crippen LogP contribution in [0.15, 0.2) is 42.5 Å². The highest BCUT2D eigenvalue weighted by molar-refractivity contribution is 6.31. The fourth-order valence-corrected chi connectivity index (χ4v) is 4.56. The van der Waals surface area contributed by atoms with Crippen LogP contribution in [-0.4, -0.2) is 38.9 Å². The molecule has 5 nitrogen and oxygen atoms in total. The van der Waals surface area contributed by atoms with Crippen LogP contribution in [0, 0.1) is 0 Å². The smallest absolute Gasteiger partial charge is 0.314 e. The van der Waals surface area contributed by atoms with Crippen LogP contribution in [0.25, 0.3) is 0 Å². The van der Waals surface area contributed by atoms with Crippen LogP contribution in [0.2, 0.25) is 5.02 Å². The Bertz CT molecular complexity index is 865. The minimum atomic E-state index is -0.187. The number of nitrogens with one attached hydrogen (secondary N) is 2. The van der Waals surface area contributed by atoms with Crippen molar-refractivity contribution in [1.29, 1.82) is 0 Å². The van der Waals surface area contributed by atoms with E-state index in [9.17, 15) is 4.79 Å². The van der Waals surface area contributed by atoms with Crippen molar-refractivity contribution >= 4 is 17.6 Å². The molecule has 0 bridgehead atoms. The highest BCUT2D eigenvalue weighted by Crippen LogP contribution is 2.38. The minimum absolute atomic E-state index is 0.146. The fraction of sp³-hybridized carbons (Fsp3) is 0.435. The number of urea groups is 1. The summed E-state index contributed by atoms with van der Waals surface area (Å²) < 4.78 is 11.1. The first kappa shape index (κ1) is 20.0. The zero-order valence-corrected chi connectivity index (χ0v) is 17.3. The molecule has 0 radical (unpaired) electrons. The van der Waals surface area contributed by atoms with Gasteiger partial charge in [-0.3, -0.25) is 0 Å². The van der Waals surface area contributed by atoms with Gasteiger partial charge in [0.2, 0.25) is 0 Å². The SMILES string of the molecule is O=C(NCCc1ccc2c(c1)CCO2)NCC1(c2ccccc2Cl)CCOCC1. The standard InChI is InChI=1S/C23H27ClN2O3/c24-20-4-2-1-3-19(20)23(9-13-28-14-10-23)16-26-22(27)25-11-7-17-5-6-21-18(15-17)8-12-29-21/h1-6,15H,7-14,16H2,(H2,25,26,27). The molecule has 2 N–H and O–H groups in total. The van der Waals surface area contributed by atoms with Crippen LogP contribution in [0.1, 0.15) is 29.5 Å². The summed E-state index contributed by atoms with van der Waals surface area (Å²) in [5, 5.41) is 6.79. The molecule has 154 valence electrons. The third kappa shape index (κ3) is 4.68. The van der Waals surface area contributed by atoms with Gasteiger partial charge in [-0.05, 0) is 48.1 Å². The van der Waals surface area contributed by atoms with E-state index in [-0.39, 0.29) is 11.4 Å². The predicted octanol–water partition coefficient (Wildman–Crippen LogP) is 3.87. The Morgan fingerprint density at radius 2 is 1.90 bits per heavy atom. The van der Waals surface area contributed by atoms with Crippen LogP contribution < -0.4 is 15.4 Å². The van der Waals surface area contributed by atoms with Gasteiger partial charge in [-0.1, -0.05) is 41.9 Å². The Balaban J connectivity index is 1.31. The maximum Gasteiger partial charge on any atom is 0.314 e. The van der Waals surface area contributed by atoms with Gasteiger partial charge in [-0.2, -0.15) is 0 Å². The maximum atomic E-state index is 12.4. The summed E-state index contributed by atoms with van der Waals surface area (Å²) in [5.74, 6) is 0.987. The number of carbonyl (C=O) groups is 1. The number of carbonyl (C=O) groups excluding carboxylic acids is 1. The van der Waals surface area contributed by atoms with Crippen molar-refractivity contribution in [2.24, 2.45) is 0 Å². The van der Waals surface area contributed by atoms with Crippen molar-refractivity contribution in [1.82, 2.24) is 10.6 Å². The average Bonchev–Trinajstić information content (AvgIpc) is 3.21. The Labute approximate surface area is 176 Å². The number of ether oxygens (including phenoxy) is 2. The molecular formula is C23H27ClN2O3. The van der Waals surface area contributed by atoms with Gasteiger partial charge >= 0.3 is 6.03 Å². The van der Waals surface area contributed by atoms with Gasteiger partial charge in [-0.25, -0.2) is 4.79 Å². The van der Waals surface area contributed by atoms with Crippen molar-refractivity contribution in [2.75, 3.05) is 32.9 Å². The number of fused-ring (bicyclic) bond motifs is 1. The Kier molecular flexibility index (Phi) is 6.26. The molecule has 2 aromatic rings. The van der Waals surface area contributed by atoms with Gasteiger partial charge in [-0.15, -0.1) is 0 Å². The van der Waals surface area contributed by atoms with Crippen molar-refractivity contribution < 1.29 is 14.3 Å². The van der Waals surface area contributed by atoms with E-state index in [1.165, 1.54) is 11.1 Å². The summed E-state index contributed by atoms with van der Waals surface area (Å²) in [6.07, 6.45) is 3.44. The van der Waals surface area contributed by atoms with Crippen molar-refractivity contribution in [3.63, 3.8) is 0 Å². The summed E-state index contributed by atoms with van der Waals surface area (Å²) in [5.41, 5.74) is 3.37. The number of benzene rings is 2. The third-order valence-electron chi connectivity index (χ3n) is 5.94. The van der Waals surface area contributed by atoms with Crippen LogP contribution in [0.5, 0.6) is 5.75 Å². The topological polar surface area (TPSA) is 59.6 Å². The quantitative estimate of drug-likeness (QED) is 0.754. The van der Waals surface area contributed by atoms with Crippen molar-refractivity contribution in [2.45, 2.75) is 31.1 Å². The molecule has 0 aromatic heterocycles. The Hall–Kier alpha value is -2.24. The molecule has 2 heterocycles. The van der Waals surface area contributed by atoms with Crippen LogP contribution in [0.4, 0.5) is 4.79 Å². The van der Waals surface area contributed by atoms with Crippen LogP contribution >= 0.6 is 11.6 Å². The summed E-state index contributed by atoms with van der Waals surface area (Å²) in [4.78, 5) is 12.4. The molecule has 1 saturated heterocycles. The van der Waals surface area contributed by atoms with E-state index >= 15 is 0 Å². The minimum Gasteiger partial charge on any atom is -0.493 e. The van der Waals surface area contributed by atoms with Gasteiger partial charge < -0.3 is 20.1 Å².